The average molecular weight is 365 g/mol. The highest BCUT2D eigenvalue weighted by Gasteiger charge is 2.18. The maximum Gasteiger partial charge on any atom is 0.324 e. The Kier molecular flexibility index (Phi) is 5.66. The minimum Gasteiger partial charge on any atom is -0.308 e. The Morgan fingerprint density at radius 1 is 0.885 bits per heavy atom. The first kappa shape index (κ1) is 17.7. The fraction of sp³-hybridized carbons (Fsp3) is 0.100. The van der Waals surface area contributed by atoms with Gasteiger partial charge in [-0.2, -0.15) is 0 Å². The Morgan fingerprint density at radius 2 is 1.54 bits per heavy atom. The molecule has 0 aliphatic carbocycles. The normalized spacial score (nSPS) is 10.2. The molecule has 5 nitrogen and oxygen atoms in total. The second kappa shape index (κ2) is 8.31. The van der Waals surface area contributed by atoms with E-state index in [-0.39, 0.29) is 11.9 Å². The molecule has 3 rings (SSSR count). The lowest BCUT2D eigenvalue weighted by molar-refractivity contribution is 0.0992. The smallest absolute Gasteiger partial charge is 0.308 e. The van der Waals surface area contributed by atoms with Crippen molar-refractivity contribution in [2.24, 2.45) is 0 Å². The SMILES string of the molecule is CCN(C(=O)c1ccc(NC(=O)Nc2ccccc2)s1)c1ccccc1. The number of nitrogens with one attached hydrogen (secondary N) is 2. The van der Waals surface area contributed by atoms with Gasteiger partial charge in [0.05, 0.1) is 9.88 Å². The van der Waals surface area contributed by atoms with Gasteiger partial charge in [0.2, 0.25) is 0 Å². The first-order chi connectivity index (χ1) is 12.7. The Balaban J connectivity index is 1.67. The molecule has 0 bridgehead atoms. The summed E-state index contributed by atoms with van der Waals surface area (Å²) in [6.45, 7) is 2.50. The molecule has 26 heavy (non-hydrogen) atoms. The standard InChI is InChI=1S/C20H19N3O2S/c1-2-23(16-11-7-4-8-12-16)19(24)17-13-14-18(26-17)22-20(25)21-15-9-5-3-6-10-15/h3-14H,2H2,1H3,(H2,21,22,25). The first-order valence-electron chi connectivity index (χ1n) is 8.27. The van der Waals surface area contributed by atoms with Crippen molar-refractivity contribution in [2.75, 3.05) is 22.1 Å². The van der Waals surface area contributed by atoms with Gasteiger partial charge < -0.3 is 10.2 Å². The Labute approximate surface area is 156 Å². The van der Waals surface area contributed by atoms with Gasteiger partial charge >= 0.3 is 6.03 Å². The Morgan fingerprint density at radius 3 is 2.19 bits per heavy atom. The van der Waals surface area contributed by atoms with Crippen molar-refractivity contribution in [3.63, 3.8) is 0 Å². The van der Waals surface area contributed by atoms with E-state index in [9.17, 15) is 9.59 Å². The molecule has 6 heteroatoms. The number of rotatable bonds is 5. The number of hydrogen-bond acceptors (Lipinski definition) is 3. The maximum absolute atomic E-state index is 12.8. The van der Waals surface area contributed by atoms with E-state index < -0.39 is 0 Å². The molecular weight excluding hydrogens is 346 g/mol. The van der Waals surface area contributed by atoms with E-state index in [1.54, 1.807) is 17.0 Å². The van der Waals surface area contributed by atoms with Crippen molar-refractivity contribution in [3.8, 4) is 0 Å². The third kappa shape index (κ3) is 4.29. The van der Waals surface area contributed by atoms with Crippen molar-refractivity contribution in [2.45, 2.75) is 6.92 Å². The molecule has 0 atom stereocenters. The van der Waals surface area contributed by atoms with Crippen LogP contribution in [0.4, 0.5) is 21.2 Å². The van der Waals surface area contributed by atoms with E-state index in [1.807, 2.05) is 67.6 Å². The van der Waals surface area contributed by atoms with Gasteiger partial charge in [0.1, 0.15) is 0 Å². The number of anilines is 3. The van der Waals surface area contributed by atoms with Crippen molar-refractivity contribution in [1.29, 1.82) is 0 Å². The van der Waals surface area contributed by atoms with Crippen molar-refractivity contribution < 1.29 is 9.59 Å². The second-order valence-electron chi connectivity index (χ2n) is 5.49. The number of benzene rings is 2. The molecule has 3 aromatic rings. The molecule has 0 spiro atoms. The minimum absolute atomic E-state index is 0.0831. The number of thiophene rings is 1. The Hall–Kier alpha value is -3.12. The van der Waals surface area contributed by atoms with Crippen LogP contribution in [0.25, 0.3) is 0 Å². The molecular formula is C20H19N3O2S. The van der Waals surface area contributed by atoms with Crippen LogP contribution in [0.3, 0.4) is 0 Å². The van der Waals surface area contributed by atoms with E-state index in [0.29, 0.717) is 22.1 Å². The van der Waals surface area contributed by atoms with Crippen LogP contribution in [0.5, 0.6) is 0 Å². The van der Waals surface area contributed by atoms with Crippen LogP contribution in [0.15, 0.2) is 72.8 Å². The van der Waals surface area contributed by atoms with Crippen molar-refractivity contribution >= 4 is 39.7 Å². The molecule has 2 N–H and O–H groups in total. The fourth-order valence-electron chi connectivity index (χ4n) is 2.50. The van der Waals surface area contributed by atoms with Gasteiger partial charge in [0, 0.05) is 17.9 Å². The summed E-state index contributed by atoms with van der Waals surface area (Å²) in [6.07, 6.45) is 0. The number of urea groups is 1. The van der Waals surface area contributed by atoms with E-state index >= 15 is 0 Å². The number of para-hydroxylation sites is 2. The van der Waals surface area contributed by atoms with Gasteiger partial charge in [-0.1, -0.05) is 36.4 Å². The lowest BCUT2D eigenvalue weighted by Gasteiger charge is -2.20. The molecule has 0 saturated heterocycles. The molecule has 0 fully saturated rings. The highest BCUT2D eigenvalue weighted by Crippen LogP contribution is 2.25. The summed E-state index contributed by atoms with van der Waals surface area (Å²) in [6, 6.07) is 21.9. The molecule has 1 heterocycles. The van der Waals surface area contributed by atoms with E-state index in [2.05, 4.69) is 10.6 Å². The number of nitrogens with zero attached hydrogens (tertiary/aromatic N) is 1. The summed E-state index contributed by atoms with van der Waals surface area (Å²) >= 11 is 1.26. The molecule has 1 aromatic heterocycles. The summed E-state index contributed by atoms with van der Waals surface area (Å²) in [5, 5.41) is 6.13. The lowest BCUT2D eigenvalue weighted by Crippen LogP contribution is -2.29. The van der Waals surface area contributed by atoms with Crippen LogP contribution in [0, 0.1) is 0 Å². The van der Waals surface area contributed by atoms with Crippen LogP contribution in [-0.2, 0) is 0 Å². The molecule has 0 radical (unpaired) electrons. The second-order valence-corrected chi connectivity index (χ2v) is 6.58. The van der Waals surface area contributed by atoms with Gasteiger partial charge in [-0.15, -0.1) is 11.3 Å². The van der Waals surface area contributed by atoms with Crippen LogP contribution in [0.2, 0.25) is 0 Å². The van der Waals surface area contributed by atoms with E-state index in [0.717, 1.165) is 5.69 Å². The zero-order valence-corrected chi connectivity index (χ0v) is 15.1. The summed E-state index contributed by atoms with van der Waals surface area (Å²) in [7, 11) is 0. The zero-order valence-electron chi connectivity index (χ0n) is 14.3. The lowest BCUT2D eigenvalue weighted by atomic mass is 10.2. The third-order valence-electron chi connectivity index (χ3n) is 3.71. The average Bonchev–Trinajstić information content (AvgIpc) is 3.12. The van der Waals surface area contributed by atoms with Crippen molar-refractivity contribution in [1.82, 2.24) is 0 Å². The highest BCUT2D eigenvalue weighted by molar-refractivity contribution is 7.18. The molecule has 2 aromatic carbocycles. The molecule has 0 saturated carbocycles. The summed E-state index contributed by atoms with van der Waals surface area (Å²) in [4.78, 5) is 27.1. The summed E-state index contributed by atoms with van der Waals surface area (Å²) < 4.78 is 0. The van der Waals surface area contributed by atoms with Gasteiger partial charge in [0.15, 0.2) is 0 Å². The molecule has 132 valence electrons. The third-order valence-corrected chi connectivity index (χ3v) is 4.70. The highest BCUT2D eigenvalue weighted by atomic mass is 32.1. The number of carbonyl (C=O) groups excluding carboxylic acids is 2. The molecule has 0 unspecified atom stereocenters. The van der Waals surface area contributed by atoms with Gasteiger partial charge in [-0.3, -0.25) is 10.1 Å². The van der Waals surface area contributed by atoms with Crippen LogP contribution in [0.1, 0.15) is 16.6 Å². The summed E-state index contributed by atoms with van der Waals surface area (Å²) in [5.74, 6) is -0.0831. The van der Waals surface area contributed by atoms with Crippen LogP contribution < -0.4 is 15.5 Å². The number of hydrogen-bond donors (Lipinski definition) is 2. The quantitative estimate of drug-likeness (QED) is 0.664. The number of amides is 3. The van der Waals surface area contributed by atoms with E-state index in [1.165, 1.54) is 11.3 Å². The van der Waals surface area contributed by atoms with Gasteiger partial charge in [0.25, 0.3) is 5.91 Å². The van der Waals surface area contributed by atoms with Crippen molar-refractivity contribution in [3.05, 3.63) is 77.7 Å². The minimum atomic E-state index is -0.340. The largest absolute Gasteiger partial charge is 0.324 e. The fourth-order valence-corrected chi connectivity index (χ4v) is 3.35. The monoisotopic (exact) mass is 365 g/mol. The Bertz CT molecular complexity index is 878. The van der Waals surface area contributed by atoms with Crippen LogP contribution >= 0.6 is 11.3 Å². The van der Waals surface area contributed by atoms with Gasteiger partial charge in [-0.05, 0) is 43.3 Å². The van der Waals surface area contributed by atoms with Gasteiger partial charge in [-0.25, -0.2) is 4.79 Å². The van der Waals surface area contributed by atoms with Crippen LogP contribution in [-0.4, -0.2) is 18.5 Å². The molecule has 0 aliphatic heterocycles. The molecule has 0 aliphatic rings. The first-order valence-corrected chi connectivity index (χ1v) is 9.09. The maximum atomic E-state index is 12.8. The van der Waals surface area contributed by atoms with E-state index in [4.69, 9.17) is 0 Å². The predicted octanol–water partition coefficient (Wildman–Crippen LogP) is 5.06. The topological polar surface area (TPSA) is 61.4 Å². The number of carbonyl (C=O) groups is 2. The summed E-state index contributed by atoms with van der Waals surface area (Å²) in [5.41, 5.74) is 1.56. The predicted molar refractivity (Wildman–Crippen MR) is 107 cm³/mol. The zero-order chi connectivity index (χ0) is 18.4. The molecule has 3 amide bonds.